The molecule has 1 amide bonds. The summed E-state index contributed by atoms with van der Waals surface area (Å²) in [7, 11) is 0. The molecule has 2 rings (SSSR count). The molecule has 0 aromatic heterocycles. The van der Waals surface area contributed by atoms with E-state index in [2.05, 4.69) is 10.6 Å². The molecule has 0 aliphatic heterocycles. The standard InChI is InChI=1S/C14H10ClF3N2O/c15-9-5-4-8(6-12(9)18)19-7-13(21)20-14-10(16)2-1-3-11(14)17/h1-6,19H,7H2,(H,20,21). The van der Waals surface area contributed by atoms with E-state index in [0.717, 1.165) is 18.2 Å². The van der Waals surface area contributed by atoms with Gasteiger partial charge in [-0.25, -0.2) is 13.2 Å². The molecule has 0 aliphatic rings. The summed E-state index contributed by atoms with van der Waals surface area (Å²) in [6, 6.07) is 7.16. The van der Waals surface area contributed by atoms with Crippen LogP contribution in [0.5, 0.6) is 0 Å². The molecule has 0 aliphatic carbocycles. The fraction of sp³-hybridized carbons (Fsp3) is 0.0714. The second kappa shape index (κ2) is 6.49. The quantitative estimate of drug-likeness (QED) is 0.901. The van der Waals surface area contributed by atoms with Gasteiger partial charge >= 0.3 is 0 Å². The van der Waals surface area contributed by atoms with Gasteiger partial charge in [-0.05, 0) is 30.3 Å². The number of hydrogen-bond donors (Lipinski definition) is 2. The van der Waals surface area contributed by atoms with Gasteiger partial charge in [0.25, 0.3) is 0 Å². The van der Waals surface area contributed by atoms with Gasteiger partial charge in [0.1, 0.15) is 23.1 Å². The molecule has 7 heteroatoms. The molecule has 0 saturated heterocycles. The summed E-state index contributed by atoms with van der Waals surface area (Å²) < 4.78 is 39.8. The van der Waals surface area contributed by atoms with Crippen LogP contribution in [-0.2, 0) is 4.79 Å². The molecule has 2 aromatic carbocycles. The molecule has 110 valence electrons. The minimum absolute atomic E-state index is 0.0431. The molecular formula is C14H10ClF3N2O. The molecule has 0 heterocycles. The Morgan fingerprint density at radius 2 is 1.71 bits per heavy atom. The van der Waals surface area contributed by atoms with Crippen molar-refractivity contribution < 1.29 is 18.0 Å². The van der Waals surface area contributed by atoms with E-state index < -0.39 is 29.0 Å². The number of para-hydroxylation sites is 1. The highest BCUT2D eigenvalue weighted by atomic mass is 35.5. The Kier molecular flexibility index (Phi) is 4.70. The molecule has 0 spiro atoms. The van der Waals surface area contributed by atoms with Gasteiger partial charge < -0.3 is 10.6 Å². The van der Waals surface area contributed by atoms with Crippen molar-refractivity contribution in [1.82, 2.24) is 0 Å². The molecular weight excluding hydrogens is 305 g/mol. The fourth-order valence-electron chi connectivity index (χ4n) is 1.59. The Labute approximate surface area is 123 Å². The Bertz CT molecular complexity index is 659. The first kappa shape index (κ1) is 15.2. The Hall–Kier alpha value is -2.21. The number of nitrogens with one attached hydrogen (secondary N) is 2. The summed E-state index contributed by atoms with van der Waals surface area (Å²) in [6.45, 7) is -0.283. The summed E-state index contributed by atoms with van der Waals surface area (Å²) in [6.07, 6.45) is 0. The van der Waals surface area contributed by atoms with E-state index in [0.29, 0.717) is 5.69 Å². The molecule has 21 heavy (non-hydrogen) atoms. The third kappa shape index (κ3) is 3.88. The Balaban J connectivity index is 1.97. The van der Waals surface area contributed by atoms with Gasteiger partial charge in [-0.3, -0.25) is 4.79 Å². The minimum Gasteiger partial charge on any atom is -0.376 e. The van der Waals surface area contributed by atoms with Gasteiger partial charge in [-0.15, -0.1) is 0 Å². The average molecular weight is 315 g/mol. The van der Waals surface area contributed by atoms with Crippen molar-refractivity contribution >= 4 is 28.9 Å². The largest absolute Gasteiger partial charge is 0.376 e. The summed E-state index contributed by atoms with van der Waals surface area (Å²) in [5.41, 5.74) is -0.201. The summed E-state index contributed by atoms with van der Waals surface area (Å²) in [4.78, 5) is 11.6. The fourth-order valence-corrected chi connectivity index (χ4v) is 1.71. The molecule has 0 radical (unpaired) electrons. The van der Waals surface area contributed by atoms with Crippen LogP contribution in [0.1, 0.15) is 0 Å². The molecule has 0 fully saturated rings. The van der Waals surface area contributed by atoms with Crippen molar-refractivity contribution in [3.63, 3.8) is 0 Å². The van der Waals surface area contributed by atoms with E-state index in [1.54, 1.807) is 0 Å². The molecule has 0 atom stereocenters. The predicted molar refractivity (Wildman–Crippen MR) is 74.9 cm³/mol. The number of carbonyl (C=O) groups excluding carboxylic acids is 1. The minimum atomic E-state index is -0.874. The Morgan fingerprint density at radius 3 is 2.33 bits per heavy atom. The van der Waals surface area contributed by atoms with E-state index in [4.69, 9.17) is 11.6 Å². The van der Waals surface area contributed by atoms with Crippen molar-refractivity contribution in [2.45, 2.75) is 0 Å². The zero-order chi connectivity index (χ0) is 15.4. The van der Waals surface area contributed by atoms with Gasteiger partial charge in [0.15, 0.2) is 0 Å². The first-order valence-electron chi connectivity index (χ1n) is 5.90. The first-order valence-corrected chi connectivity index (χ1v) is 6.28. The number of hydrogen-bond acceptors (Lipinski definition) is 2. The molecule has 0 unspecified atom stereocenters. The van der Waals surface area contributed by atoms with Crippen LogP contribution in [0.3, 0.4) is 0 Å². The lowest BCUT2D eigenvalue weighted by molar-refractivity contribution is -0.114. The van der Waals surface area contributed by atoms with Gasteiger partial charge in [0.2, 0.25) is 5.91 Å². The maximum atomic E-state index is 13.3. The Morgan fingerprint density at radius 1 is 1.05 bits per heavy atom. The van der Waals surface area contributed by atoms with Gasteiger partial charge in [0.05, 0.1) is 11.6 Å². The molecule has 3 nitrogen and oxygen atoms in total. The number of anilines is 2. The zero-order valence-corrected chi connectivity index (χ0v) is 11.3. The lowest BCUT2D eigenvalue weighted by Crippen LogP contribution is -2.23. The molecule has 0 bridgehead atoms. The van der Waals surface area contributed by atoms with Crippen LogP contribution in [0.4, 0.5) is 24.5 Å². The van der Waals surface area contributed by atoms with E-state index in [9.17, 15) is 18.0 Å². The number of amides is 1. The number of halogens is 4. The van der Waals surface area contributed by atoms with Crippen LogP contribution in [0.15, 0.2) is 36.4 Å². The van der Waals surface area contributed by atoms with Gasteiger partial charge in [-0.1, -0.05) is 17.7 Å². The van der Waals surface area contributed by atoms with Crippen molar-refractivity contribution in [2.75, 3.05) is 17.2 Å². The van der Waals surface area contributed by atoms with Crippen molar-refractivity contribution in [3.8, 4) is 0 Å². The maximum Gasteiger partial charge on any atom is 0.243 e. The second-order valence-corrected chi connectivity index (χ2v) is 4.53. The highest BCUT2D eigenvalue weighted by Gasteiger charge is 2.11. The van der Waals surface area contributed by atoms with E-state index in [1.165, 1.54) is 18.2 Å². The average Bonchev–Trinajstić information content (AvgIpc) is 2.44. The number of benzene rings is 2. The highest BCUT2D eigenvalue weighted by molar-refractivity contribution is 6.30. The summed E-state index contributed by atoms with van der Waals surface area (Å²) in [5, 5.41) is 4.68. The van der Waals surface area contributed by atoms with Crippen LogP contribution < -0.4 is 10.6 Å². The monoisotopic (exact) mass is 314 g/mol. The van der Waals surface area contributed by atoms with Gasteiger partial charge in [-0.2, -0.15) is 0 Å². The maximum absolute atomic E-state index is 13.3. The summed E-state index contributed by atoms with van der Waals surface area (Å²) >= 11 is 5.52. The molecule has 0 saturated carbocycles. The molecule has 2 aromatic rings. The van der Waals surface area contributed by atoms with Crippen molar-refractivity contribution in [1.29, 1.82) is 0 Å². The third-order valence-electron chi connectivity index (χ3n) is 2.60. The van der Waals surface area contributed by atoms with Crippen LogP contribution >= 0.6 is 11.6 Å². The van der Waals surface area contributed by atoms with Gasteiger partial charge in [0, 0.05) is 5.69 Å². The third-order valence-corrected chi connectivity index (χ3v) is 2.91. The number of carbonyl (C=O) groups is 1. The molecule has 2 N–H and O–H groups in total. The van der Waals surface area contributed by atoms with Crippen LogP contribution in [0, 0.1) is 17.5 Å². The summed E-state index contributed by atoms with van der Waals surface area (Å²) in [5.74, 6) is -3.06. The van der Waals surface area contributed by atoms with Crippen LogP contribution in [0.25, 0.3) is 0 Å². The lowest BCUT2D eigenvalue weighted by Gasteiger charge is -2.09. The lowest BCUT2D eigenvalue weighted by atomic mass is 10.3. The predicted octanol–water partition coefficient (Wildman–Crippen LogP) is 3.81. The topological polar surface area (TPSA) is 41.1 Å². The van der Waals surface area contributed by atoms with Crippen molar-refractivity contribution in [2.24, 2.45) is 0 Å². The van der Waals surface area contributed by atoms with Crippen molar-refractivity contribution in [3.05, 3.63) is 58.9 Å². The van der Waals surface area contributed by atoms with E-state index in [1.807, 2.05) is 0 Å². The van der Waals surface area contributed by atoms with Crippen LogP contribution in [0.2, 0.25) is 5.02 Å². The smallest absolute Gasteiger partial charge is 0.243 e. The highest BCUT2D eigenvalue weighted by Crippen LogP contribution is 2.19. The first-order chi connectivity index (χ1) is 9.97. The van der Waals surface area contributed by atoms with E-state index in [-0.39, 0.29) is 11.6 Å². The normalized spacial score (nSPS) is 10.3. The van der Waals surface area contributed by atoms with E-state index >= 15 is 0 Å². The number of rotatable bonds is 4. The van der Waals surface area contributed by atoms with Crippen LogP contribution in [-0.4, -0.2) is 12.5 Å². The zero-order valence-electron chi connectivity index (χ0n) is 10.6. The second-order valence-electron chi connectivity index (χ2n) is 4.13. The SMILES string of the molecule is O=C(CNc1ccc(Cl)c(F)c1)Nc1c(F)cccc1F.